The van der Waals surface area contributed by atoms with Crippen molar-refractivity contribution in [1.29, 1.82) is 0 Å². The summed E-state index contributed by atoms with van der Waals surface area (Å²) in [6, 6.07) is 6.71. The zero-order chi connectivity index (χ0) is 14.8. The number of aliphatic imine (C=N–C) groups is 1. The molecule has 0 saturated heterocycles. The van der Waals surface area contributed by atoms with Gasteiger partial charge in [0, 0.05) is 23.7 Å². The minimum absolute atomic E-state index is 0.00952. The van der Waals surface area contributed by atoms with Gasteiger partial charge >= 0.3 is 0 Å². The summed E-state index contributed by atoms with van der Waals surface area (Å²) in [5, 5.41) is 3.43. The van der Waals surface area contributed by atoms with Crippen LogP contribution < -0.4 is 5.32 Å². The fraction of sp³-hybridized carbons (Fsp3) is 0.471. The van der Waals surface area contributed by atoms with Gasteiger partial charge in [-0.1, -0.05) is 17.7 Å². The van der Waals surface area contributed by atoms with Crippen LogP contribution >= 0.6 is 0 Å². The third kappa shape index (κ3) is 3.15. The number of nitrogens with zero attached hydrogens (tertiary/aromatic N) is 1. The first-order chi connectivity index (χ1) is 9.44. The predicted molar refractivity (Wildman–Crippen MR) is 82.8 cm³/mol. The minimum atomic E-state index is -0.202. The number of nitrogens with one attached hydrogen (secondary N) is 1. The van der Waals surface area contributed by atoms with Crippen molar-refractivity contribution in [3.05, 3.63) is 47.8 Å². The maximum Gasteiger partial charge on any atom is 0.123 e. The summed E-state index contributed by atoms with van der Waals surface area (Å²) in [4.78, 5) is 4.63. The maximum absolute atomic E-state index is 13.3. The van der Waals surface area contributed by atoms with Crippen LogP contribution in [0, 0.1) is 11.7 Å². The Hall–Kier alpha value is -1.48. The highest BCUT2D eigenvalue weighted by atomic mass is 19.1. The van der Waals surface area contributed by atoms with E-state index in [9.17, 15) is 4.39 Å². The molecule has 0 spiro atoms. The molecule has 0 bridgehead atoms. The quantitative estimate of drug-likeness (QED) is 0.815. The molecule has 108 valence electrons. The molecule has 0 fully saturated rings. The van der Waals surface area contributed by atoms with Crippen LogP contribution in [-0.2, 0) is 0 Å². The van der Waals surface area contributed by atoms with Crippen molar-refractivity contribution in [2.75, 3.05) is 13.6 Å². The lowest BCUT2D eigenvalue weighted by Crippen LogP contribution is -2.47. The van der Waals surface area contributed by atoms with E-state index >= 15 is 0 Å². The minimum Gasteiger partial charge on any atom is -0.314 e. The van der Waals surface area contributed by atoms with E-state index in [-0.39, 0.29) is 11.4 Å². The summed E-state index contributed by atoms with van der Waals surface area (Å²) in [7, 11) is 1.99. The summed E-state index contributed by atoms with van der Waals surface area (Å²) >= 11 is 0. The zero-order valence-corrected chi connectivity index (χ0v) is 12.5. The molecule has 1 aliphatic rings. The Labute approximate surface area is 120 Å². The van der Waals surface area contributed by atoms with Crippen molar-refractivity contribution >= 4 is 5.71 Å². The highest BCUT2D eigenvalue weighted by molar-refractivity contribution is 6.01. The SMILES string of the molecule is C=C(C)CC(C)(NC)C1CN=C(c2cccc(F)c2)C1. The highest BCUT2D eigenvalue weighted by Crippen LogP contribution is 2.32. The molecule has 2 rings (SSSR count). The van der Waals surface area contributed by atoms with Crippen molar-refractivity contribution in [2.45, 2.75) is 32.2 Å². The molecule has 0 aliphatic carbocycles. The normalized spacial score (nSPS) is 21.4. The Kier molecular flexibility index (Phi) is 4.39. The molecular formula is C17H23FN2. The molecule has 1 aliphatic heterocycles. The van der Waals surface area contributed by atoms with Crippen molar-refractivity contribution in [2.24, 2.45) is 10.9 Å². The van der Waals surface area contributed by atoms with E-state index in [1.165, 1.54) is 11.6 Å². The molecule has 0 radical (unpaired) electrons. The number of hydrogen-bond donors (Lipinski definition) is 1. The van der Waals surface area contributed by atoms with Crippen molar-refractivity contribution < 1.29 is 4.39 Å². The van der Waals surface area contributed by atoms with Crippen LogP contribution in [0.5, 0.6) is 0 Å². The molecule has 0 aromatic heterocycles. The summed E-state index contributed by atoms with van der Waals surface area (Å²) in [6.07, 6.45) is 1.81. The van der Waals surface area contributed by atoms with E-state index < -0.39 is 0 Å². The molecular weight excluding hydrogens is 251 g/mol. The second kappa shape index (κ2) is 5.88. The van der Waals surface area contributed by atoms with Gasteiger partial charge in [-0.2, -0.15) is 0 Å². The standard InChI is InChI=1S/C17H23FN2/c1-12(2)10-17(3,19-4)14-9-16(20-11-14)13-6-5-7-15(18)8-13/h5-8,14,19H,1,9-11H2,2-4H3. The molecule has 2 unspecified atom stereocenters. The van der Waals surface area contributed by atoms with E-state index in [4.69, 9.17) is 0 Å². The smallest absolute Gasteiger partial charge is 0.123 e. The third-order valence-corrected chi connectivity index (χ3v) is 4.24. The molecule has 0 amide bonds. The molecule has 1 N–H and O–H groups in total. The second-order valence-electron chi connectivity index (χ2n) is 6.00. The number of rotatable bonds is 5. The molecule has 1 aromatic rings. The van der Waals surface area contributed by atoms with Crippen LogP contribution in [0.3, 0.4) is 0 Å². The second-order valence-corrected chi connectivity index (χ2v) is 6.00. The lowest BCUT2D eigenvalue weighted by Gasteiger charge is -2.35. The van der Waals surface area contributed by atoms with E-state index in [1.807, 2.05) is 13.1 Å². The topological polar surface area (TPSA) is 24.4 Å². The van der Waals surface area contributed by atoms with E-state index in [1.54, 1.807) is 12.1 Å². The summed E-state index contributed by atoms with van der Waals surface area (Å²) in [6.45, 7) is 9.08. The van der Waals surface area contributed by atoms with Gasteiger partial charge in [0.15, 0.2) is 0 Å². The van der Waals surface area contributed by atoms with E-state index in [2.05, 4.69) is 30.7 Å². The average Bonchev–Trinajstić information content (AvgIpc) is 2.88. The van der Waals surface area contributed by atoms with Gasteiger partial charge in [0.05, 0.1) is 0 Å². The van der Waals surface area contributed by atoms with Crippen LogP contribution in [0.25, 0.3) is 0 Å². The van der Waals surface area contributed by atoms with Gasteiger partial charge in [0.25, 0.3) is 0 Å². The number of benzene rings is 1. The summed E-state index contributed by atoms with van der Waals surface area (Å²) in [5.41, 5.74) is 3.07. The lowest BCUT2D eigenvalue weighted by molar-refractivity contribution is 0.262. The highest BCUT2D eigenvalue weighted by Gasteiger charge is 2.36. The largest absolute Gasteiger partial charge is 0.314 e. The molecule has 3 heteroatoms. The molecule has 1 aromatic carbocycles. The van der Waals surface area contributed by atoms with Crippen LogP contribution in [0.15, 0.2) is 41.4 Å². The molecule has 2 nitrogen and oxygen atoms in total. The Balaban J connectivity index is 2.12. The predicted octanol–water partition coefficient (Wildman–Crippen LogP) is 3.58. The summed E-state index contributed by atoms with van der Waals surface area (Å²) < 4.78 is 13.3. The van der Waals surface area contributed by atoms with Crippen molar-refractivity contribution in [3.63, 3.8) is 0 Å². The first-order valence-electron chi connectivity index (χ1n) is 7.07. The Morgan fingerprint density at radius 3 is 2.90 bits per heavy atom. The monoisotopic (exact) mass is 274 g/mol. The Bertz CT molecular complexity index is 536. The Morgan fingerprint density at radius 2 is 2.30 bits per heavy atom. The average molecular weight is 274 g/mol. The van der Waals surface area contributed by atoms with Crippen molar-refractivity contribution in [1.82, 2.24) is 5.32 Å². The maximum atomic E-state index is 13.3. The molecule has 1 heterocycles. The van der Waals surface area contributed by atoms with Gasteiger partial charge in [-0.05, 0) is 51.4 Å². The fourth-order valence-corrected chi connectivity index (χ4v) is 2.95. The van der Waals surface area contributed by atoms with Gasteiger partial charge in [0.1, 0.15) is 5.82 Å². The van der Waals surface area contributed by atoms with Crippen LogP contribution in [0.1, 0.15) is 32.3 Å². The van der Waals surface area contributed by atoms with E-state index in [0.717, 1.165) is 30.7 Å². The van der Waals surface area contributed by atoms with Gasteiger partial charge in [-0.25, -0.2) is 4.39 Å². The van der Waals surface area contributed by atoms with Crippen LogP contribution in [-0.4, -0.2) is 24.8 Å². The third-order valence-electron chi connectivity index (χ3n) is 4.24. The van der Waals surface area contributed by atoms with E-state index in [0.29, 0.717) is 5.92 Å². The Morgan fingerprint density at radius 1 is 1.55 bits per heavy atom. The van der Waals surface area contributed by atoms with Gasteiger partial charge in [0.2, 0.25) is 0 Å². The van der Waals surface area contributed by atoms with Crippen molar-refractivity contribution in [3.8, 4) is 0 Å². The first kappa shape index (κ1) is 14.9. The van der Waals surface area contributed by atoms with Crippen LogP contribution in [0.4, 0.5) is 4.39 Å². The summed E-state index contributed by atoms with van der Waals surface area (Å²) in [5.74, 6) is 0.217. The number of hydrogen-bond acceptors (Lipinski definition) is 2. The molecule has 20 heavy (non-hydrogen) atoms. The van der Waals surface area contributed by atoms with Gasteiger partial charge in [-0.3, -0.25) is 4.99 Å². The number of halogens is 1. The molecule has 0 saturated carbocycles. The van der Waals surface area contributed by atoms with Gasteiger partial charge in [-0.15, -0.1) is 6.58 Å². The zero-order valence-electron chi connectivity index (χ0n) is 12.5. The molecule has 2 atom stereocenters. The fourth-order valence-electron chi connectivity index (χ4n) is 2.95. The van der Waals surface area contributed by atoms with Gasteiger partial charge < -0.3 is 5.32 Å². The lowest BCUT2D eigenvalue weighted by atomic mass is 9.79. The first-order valence-corrected chi connectivity index (χ1v) is 7.07. The van der Waals surface area contributed by atoms with Crippen LogP contribution in [0.2, 0.25) is 0 Å².